The maximum atomic E-state index is 12.0. The zero-order valence-corrected chi connectivity index (χ0v) is 23.8. The van der Waals surface area contributed by atoms with E-state index in [4.69, 9.17) is 11.6 Å². The molecule has 0 fully saturated rings. The van der Waals surface area contributed by atoms with Crippen molar-refractivity contribution in [1.29, 1.82) is 0 Å². The molecule has 0 saturated heterocycles. The van der Waals surface area contributed by atoms with Crippen LogP contribution in [0.15, 0.2) is 81.9 Å². The number of carboxylic acid groups (broad SMARTS) is 2. The van der Waals surface area contributed by atoms with E-state index in [-0.39, 0.29) is 44.9 Å². The van der Waals surface area contributed by atoms with Crippen molar-refractivity contribution < 1.29 is 43.0 Å². The van der Waals surface area contributed by atoms with E-state index < -0.39 is 44.7 Å². The fraction of sp³-hybridized carbons (Fsp3) is 0. The molecule has 1 heterocycles. The van der Waals surface area contributed by atoms with Crippen LogP contribution in [0.1, 0.15) is 20.7 Å². The molecule has 5 aromatic rings. The molecular formula is C27H18ClN7O9S. The fourth-order valence-electron chi connectivity index (χ4n) is 4.03. The molecule has 0 aliphatic rings. The lowest BCUT2D eigenvalue weighted by Crippen LogP contribution is -2.07. The summed E-state index contributed by atoms with van der Waals surface area (Å²) in [6.07, 6.45) is 0. The number of nitrogens with one attached hydrogen (secondary N) is 2. The highest BCUT2D eigenvalue weighted by Gasteiger charge is 2.19. The highest BCUT2D eigenvalue weighted by atomic mass is 35.5. The lowest BCUT2D eigenvalue weighted by molar-refractivity contribution is 0.0696. The van der Waals surface area contributed by atoms with Crippen molar-refractivity contribution in [3.63, 3.8) is 0 Å². The Balaban J connectivity index is 1.57. The molecule has 0 atom stereocenters. The summed E-state index contributed by atoms with van der Waals surface area (Å²) in [6, 6.07) is 13.5. The number of azo groups is 1. The van der Waals surface area contributed by atoms with Crippen molar-refractivity contribution in [1.82, 2.24) is 15.0 Å². The number of nitrogens with zero attached hydrogens (tertiary/aromatic N) is 5. The Hall–Kier alpha value is -5.91. The molecule has 0 bridgehead atoms. The van der Waals surface area contributed by atoms with Crippen molar-refractivity contribution in [3.05, 3.63) is 82.9 Å². The zero-order valence-electron chi connectivity index (χ0n) is 22.2. The number of anilines is 4. The van der Waals surface area contributed by atoms with Crippen LogP contribution in [-0.4, -0.2) is 60.3 Å². The predicted octanol–water partition coefficient (Wildman–Crippen LogP) is 5.64. The lowest BCUT2D eigenvalue weighted by Gasteiger charge is -2.14. The monoisotopic (exact) mass is 651 g/mol. The Bertz CT molecular complexity index is 2110. The van der Waals surface area contributed by atoms with Gasteiger partial charge in [0.25, 0.3) is 10.1 Å². The molecule has 5 rings (SSSR count). The van der Waals surface area contributed by atoms with Crippen LogP contribution in [0, 0.1) is 0 Å². The molecule has 0 aliphatic carbocycles. The maximum absolute atomic E-state index is 12.0. The number of rotatable bonds is 9. The number of phenolic OH excluding ortho intramolecular Hbond substituents is 1. The number of hydrogen-bond acceptors (Lipinski definition) is 13. The molecule has 0 saturated carbocycles. The van der Waals surface area contributed by atoms with Crippen molar-refractivity contribution in [3.8, 4) is 11.8 Å². The van der Waals surface area contributed by atoms with Crippen LogP contribution in [0.25, 0.3) is 10.8 Å². The summed E-state index contributed by atoms with van der Waals surface area (Å²) in [4.78, 5) is 33.9. The van der Waals surface area contributed by atoms with Crippen molar-refractivity contribution in [2.24, 2.45) is 10.2 Å². The molecule has 18 heteroatoms. The van der Waals surface area contributed by atoms with Gasteiger partial charge >= 0.3 is 17.9 Å². The molecule has 0 aliphatic heterocycles. The summed E-state index contributed by atoms with van der Waals surface area (Å²) >= 11 is 5.89. The molecule has 228 valence electrons. The summed E-state index contributed by atoms with van der Waals surface area (Å²) in [5, 5.41) is 53.9. The first-order valence-corrected chi connectivity index (χ1v) is 14.1. The average molecular weight is 652 g/mol. The number of phenols is 1. The number of aromatic nitrogens is 3. The summed E-state index contributed by atoms with van der Waals surface area (Å²) < 4.78 is 33.8. The van der Waals surface area contributed by atoms with Gasteiger partial charge in [-0.2, -0.15) is 28.5 Å². The fourth-order valence-corrected chi connectivity index (χ4v) is 4.70. The molecule has 7 N–H and O–H groups in total. The van der Waals surface area contributed by atoms with E-state index in [0.717, 1.165) is 30.3 Å². The molecule has 4 aromatic carbocycles. The largest absolute Gasteiger partial charge is 0.505 e. The Morgan fingerprint density at radius 2 is 1.40 bits per heavy atom. The predicted molar refractivity (Wildman–Crippen MR) is 159 cm³/mol. The summed E-state index contributed by atoms with van der Waals surface area (Å²) in [6.45, 7) is 0. The third kappa shape index (κ3) is 7.02. The number of carbonyl (C=O) groups is 2. The van der Waals surface area contributed by atoms with Gasteiger partial charge in [0.15, 0.2) is 5.75 Å². The second-order valence-electron chi connectivity index (χ2n) is 9.10. The molecule has 1 aromatic heterocycles. The Labute approximate surface area is 257 Å². The van der Waals surface area contributed by atoms with Gasteiger partial charge in [0.05, 0.1) is 27.4 Å². The normalized spacial score (nSPS) is 11.5. The SMILES string of the molecule is O=C(O)c1cc(Nc2nc(O)nc(Nc3cc(S(=O)(=O)O)cc4ccc(N=Nc5ccc(Cl)cc5)c(O)c34)n2)cc(C(=O)O)c1. The van der Waals surface area contributed by atoms with E-state index in [1.165, 1.54) is 12.1 Å². The molecule has 0 unspecified atom stereocenters. The van der Waals surface area contributed by atoms with E-state index in [9.17, 15) is 43.0 Å². The van der Waals surface area contributed by atoms with E-state index in [2.05, 4.69) is 35.8 Å². The van der Waals surface area contributed by atoms with Gasteiger partial charge in [-0.15, -0.1) is 5.11 Å². The first-order valence-electron chi connectivity index (χ1n) is 12.3. The smallest absolute Gasteiger partial charge is 0.335 e. The van der Waals surface area contributed by atoms with E-state index in [1.54, 1.807) is 24.3 Å². The standard InChI is InChI=1S/C27H18ClN7O9S/c28-15-2-4-16(5-3-15)34-35-19-6-1-12-10-18(45(42,43)44)11-20(21(12)22(19)36)30-26-31-25(32-27(41)33-26)29-17-8-13(23(37)38)7-14(9-17)24(39)40/h1-11,36H,(H,37,38)(H,39,40)(H,42,43,44)(H3,29,30,31,32,33,41). The molecule has 0 amide bonds. The van der Waals surface area contributed by atoms with Crippen molar-refractivity contribution in [2.75, 3.05) is 10.6 Å². The quantitative estimate of drug-likeness (QED) is 0.0752. The number of carboxylic acids is 2. The summed E-state index contributed by atoms with van der Waals surface area (Å²) in [5.41, 5.74) is -0.531. The first-order chi connectivity index (χ1) is 21.3. The number of halogens is 1. The highest BCUT2D eigenvalue weighted by Crippen LogP contribution is 2.42. The van der Waals surface area contributed by atoms with Gasteiger partial charge in [-0.05, 0) is 66.0 Å². The average Bonchev–Trinajstić information content (AvgIpc) is 2.96. The zero-order chi connectivity index (χ0) is 32.5. The van der Waals surface area contributed by atoms with Gasteiger partial charge in [0, 0.05) is 16.1 Å². The van der Waals surface area contributed by atoms with Crippen LogP contribution in [0.3, 0.4) is 0 Å². The van der Waals surface area contributed by atoms with Crippen molar-refractivity contribution >= 4 is 79.1 Å². The van der Waals surface area contributed by atoms with E-state index in [0.29, 0.717) is 10.7 Å². The lowest BCUT2D eigenvalue weighted by atomic mass is 10.1. The summed E-state index contributed by atoms with van der Waals surface area (Å²) in [7, 11) is -4.75. The van der Waals surface area contributed by atoms with Gasteiger partial charge < -0.3 is 31.1 Å². The first kappa shape index (κ1) is 30.5. The third-order valence-electron chi connectivity index (χ3n) is 5.99. The molecule has 0 radical (unpaired) electrons. The van der Waals surface area contributed by atoms with Gasteiger partial charge in [-0.1, -0.05) is 17.7 Å². The molecular weight excluding hydrogens is 634 g/mol. The van der Waals surface area contributed by atoms with Crippen LogP contribution in [-0.2, 0) is 10.1 Å². The number of aromatic hydroxyl groups is 2. The maximum Gasteiger partial charge on any atom is 0.335 e. The van der Waals surface area contributed by atoms with Gasteiger partial charge in [-0.3, -0.25) is 4.55 Å². The van der Waals surface area contributed by atoms with Gasteiger partial charge in [0.2, 0.25) is 11.9 Å². The highest BCUT2D eigenvalue weighted by molar-refractivity contribution is 7.85. The van der Waals surface area contributed by atoms with Crippen LogP contribution < -0.4 is 10.6 Å². The molecule has 45 heavy (non-hydrogen) atoms. The minimum atomic E-state index is -4.75. The topological polar surface area (TPSA) is 257 Å². The molecule has 16 nitrogen and oxygen atoms in total. The van der Waals surface area contributed by atoms with Gasteiger partial charge in [0.1, 0.15) is 5.69 Å². The van der Waals surface area contributed by atoms with Crippen molar-refractivity contribution in [2.45, 2.75) is 4.90 Å². The third-order valence-corrected chi connectivity index (χ3v) is 7.08. The summed E-state index contributed by atoms with van der Waals surface area (Å²) in [5.74, 6) is -4.03. The second kappa shape index (κ2) is 12.0. The van der Waals surface area contributed by atoms with Crippen LogP contribution in [0.5, 0.6) is 11.8 Å². The number of fused-ring (bicyclic) bond motifs is 1. The van der Waals surface area contributed by atoms with E-state index >= 15 is 0 Å². The molecule has 0 spiro atoms. The van der Waals surface area contributed by atoms with E-state index in [1.807, 2.05) is 0 Å². The van der Waals surface area contributed by atoms with Crippen LogP contribution in [0.4, 0.5) is 34.6 Å². The van der Waals surface area contributed by atoms with Gasteiger partial charge in [-0.25, -0.2) is 9.59 Å². The van der Waals surface area contributed by atoms with Crippen LogP contribution >= 0.6 is 11.6 Å². The minimum Gasteiger partial charge on any atom is -0.505 e. The number of hydrogen-bond donors (Lipinski definition) is 7. The minimum absolute atomic E-state index is 0.00428. The Morgan fingerprint density at radius 3 is 2.00 bits per heavy atom. The Kier molecular flexibility index (Phi) is 8.14. The number of benzene rings is 4. The number of aromatic carboxylic acids is 2. The second-order valence-corrected chi connectivity index (χ2v) is 11.0. The van der Waals surface area contributed by atoms with Crippen LogP contribution in [0.2, 0.25) is 5.02 Å². The Morgan fingerprint density at radius 1 is 0.778 bits per heavy atom.